The molecule has 0 bridgehead atoms. The molecule has 0 atom stereocenters. The molecule has 0 heterocycles. The molecule has 0 aliphatic heterocycles. The van der Waals surface area contributed by atoms with Gasteiger partial charge in [-0.25, -0.2) is 0 Å². The van der Waals surface area contributed by atoms with E-state index in [9.17, 15) is 0 Å². The highest BCUT2D eigenvalue weighted by Gasteiger charge is 1.99. The summed E-state index contributed by atoms with van der Waals surface area (Å²) >= 11 is 4.96. The van der Waals surface area contributed by atoms with Gasteiger partial charge in [-0.1, -0.05) is 19.8 Å². The number of benzene rings is 1. The molecule has 0 unspecified atom stereocenters. The summed E-state index contributed by atoms with van der Waals surface area (Å²) in [5, 5.41) is 7.51. The maximum absolute atomic E-state index is 5.67. The fraction of sp³-hybridized carbons (Fsp3) is 0.467. The lowest BCUT2D eigenvalue weighted by Crippen LogP contribution is -2.29. The van der Waals surface area contributed by atoms with E-state index in [1.807, 2.05) is 31.2 Å². The summed E-state index contributed by atoms with van der Waals surface area (Å²) in [7, 11) is 1.75. The molecule has 0 aromatic heterocycles. The summed E-state index contributed by atoms with van der Waals surface area (Å²) in [6.07, 6.45) is 3.52. The van der Waals surface area contributed by atoms with Gasteiger partial charge in [-0.2, -0.15) is 5.10 Å². The number of nitrogens with one attached hydrogen (secondary N) is 2. The first-order valence-electron chi connectivity index (χ1n) is 6.92. The minimum Gasteiger partial charge on any atom is -0.494 e. The van der Waals surface area contributed by atoms with Crippen molar-refractivity contribution >= 4 is 23.0 Å². The lowest BCUT2D eigenvalue weighted by atomic mass is 10.1. The molecule has 4 nitrogen and oxygen atoms in total. The van der Waals surface area contributed by atoms with Crippen molar-refractivity contribution in [3.8, 4) is 5.75 Å². The summed E-state index contributed by atoms with van der Waals surface area (Å²) in [6.45, 7) is 4.89. The summed E-state index contributed by atoms with van der Waals surface area (Å²) in [6, 6.07) is 7.93. The van der Waals surface area contributed by atoms with Crippen molar-refractivity contribution in [2.45, 2.75) is 33.1 Å². The van der Waals surface area contributed by atoms with Gasteiger partial charge in [0.1, 0.15) is 5.75 Å². The maximum Gasteiger partial charge on any atom is 0.186 e. The highest BCUT2D eigenvalue weighted by Crippen LogP contribution is 2.13. The molecule has 0 amide bonds. The molecule has 0 saturated carbocycles. The Labute approximate surface area is 126 Å². The number of thiocarbonyl (C=S) groups is 1. The summed E-state index contributed by atoms with van der Waals surface area (Å²) in [5.74, 6) is 0.899. The van der Waals surface area contributed by atoms with Crippen LogP contribution in [-0.2, 0) is 0 Å². The first-order valence-corrected chi connectivity index (χ1v) is 7.33. The van der Waals surface area contributed by atoms with Crippen LogP contribution >= 0.6 is 12.2 Å². The maximum atomic E-state index is 5.67. The second-order valence-electron chi connectivity index (χ2n) is 4.47. The van der Waals surface area contributed by atoms with E-state index < -0.39 is 0 Å². The van der Waals surface area contributed by atoms with Gasteiger partial charge >= 0.3 is 0 Å². The molecular weight excluding hydrogens is 270 g/mol. The molecular formula is C15H23N3OS. The SMILES string of the molecule is CCCCCOc1ccc(/C(C)=N\NC(=S)NC)cc1. The van der Waals surface area contributed by atoms with Gasteiger partial charge in [-0.15, -0.1) is 0 Å². The second-order valence-corrected chi connectivity index (χ2v) is 4.88. The summed E-state index contributed by atoms with van der Waals surface area (Å²) in [5.41, 5.74) is 4.68. The van der Waals surface area contributed by atoms with Crippen LogP contribution in [0.3, 0.4) is 0 Å². The Morgan fingerprint density at radius 2 is 1.95 bits per heavy atom. The zero-order valence-electron chi connectivity index (χ0n) is 12.4. The fourth-order valence-corrected chi connectivity index (χ4v) is 1.64. The van der Waals surface area contributed by atoms with Crippen LogP contribution in [0.5, 0.6) is 5.75 Å². The quantitative estimate of drug-likeness (QED) is 0.351. The van der Waals surface area contributed by atoms with Crippen LogP contribution in [0.15, 0.2) is 29.4 Å². The Hall–Kier alpha value is -1.62. The Balaban J connectivity index is 2.50. The summed E-state index contributed by atoms with van der Waals surface area (Å²) in [4.78, 5) is 0. The normalized spacial score (nSPS) is 11.1. The lowest BCUT2D eigenvalue weighted by Gasteiger charge is -2.07. The molecule has 2 N–H and O–H groups in total. The van der Waals surface area contributed by atoms with E-state index >= 15 is 0 Å². The van der Waals surface area contributed by atoms with Gasteiger partial charge in [0, 0.05) is 7.05 Å². The average Bonchev–Trinajstić information content (AvgIpc) is 2.49. The second kappa shape index (κ2) is 9.31. The standard InChI is InChI=1S/C15H23N3OS/c1-4-5-6-11-19-14-9-7-13(8-10-14)12(2)17-18-15(20)16-3/h7-10H,4-6,11H2,1-3H3,(H2,16,18,20)/b17-12-. The van der Waals surface area contributed by atoms with E-state index in [1.54, 1.807) is 7.05 Å². The molecule has 0 spiro atoms. The van der Waals surface area contributed by atoms with Gasteiger partial charge in [0.25, 0.3) is 0 Å². The minimum atomic E-state index is 0.500. The smallest absolute Gasteiger partial charge is 0.186 e. The predicted molar refractivity (Wildman–Crippen MR) is 88.5 cm³/mol. The number of unbranched alkanes of at least 4 members (excludes halogenated alkanes) is 2. The number of ether oxygens (including phenoxy) is 1. The predicted octanol–water partition coefficient (Wildman–Crippen LogP) is 3.07. The molecule has 5 heteroatoms. The molecule has 20 heavy (non-hydrogen) atoms. The van der Waals surface area contributed by atoms with Gasteiger partial charge in [0.2, 0.25) is 0 Å². The van der Waals surface area contributed by atoms with E-state index in [-0.39, 0.29) is 0 Å². The largest absolute Gasteiger partial charge is 0.494 e. The molecule has 110 valence electrons. The molecule has 0 aliphatic carbocycles. The number of rotatable bonds is 7. The van der Waals surface area contributed by atoms with Crippen molar-refractivity contribution in [3.63, 3.8) is 0 Å². The highest BCUT2D eigenvalue weighted by atomic mass is 32.1. The third-order valence-corrected chi connectivity index (χ3v) is 3.14. The van der Waals surface area contributed by atoms with Crippen LogP contribution in [-0.4, -0.2) is 24.5 Å². The van der Waals surface area contributed by atoms with Gasteiger partial charge < -0.3 is 10.1 Å². The van der Waals surface area contributed by atoms with E-state index in [0.717, 1.165) is 30.1 Å². The van der Waals surface area contributed by atoms with Crippen molar-refractivity contribution in [3.05, 3.63) is 29.8 Å². The molecule has 1 aromatic rings. The molecule has 0 radical (unpaired) electrons. The zero-order valence-corrected chi connectivity index (χ0v) is 13.2. The number of nitrogens with zero attached hydrogens (tertiary/aromatic N) is 1. The molecule has 0 fully saturated rings. The molecule has 0 saturated heterocycles. The molecule has 0 aliphatic rings. The van der Waals surface area contributed by atoms with Crippen LogP contribution in [0.4, 0.5) is 0 Å². The average molecular weight is 293 g/mol. The fourth-order valence-electron chi connectivity index (χ4n) is 1.59. The van der Waals surface area contributed by atoms with Crippen molar-refractivity contribution in [2.75, 3.05) is 13.7 Å². The van der Waals surface area contributed by atoms with Crippen molar-refractivity contribution < 1.29 is 4.74 Å². The lowest BCUT2D eigenvalue weighted by molar-refractivity contribution is 0.306. The van der Waals surface area contributed by atoms with Crippen molar-refractivity contribution in [2.24, 2.45) is 5.10 Å². The first kappa shape index (κ1) is 16.4. The summed E-state index contributed by atoms with van der Waals surface area (Å²) < 4.78 is 5.67. The first-order chi connectivity index (χ1) is 9.67. The number of hydrogen-bond acceptors (Lipinski definition) is 3. The minimum absolute atomic E-state index is 0.500. The van der Waals surface area contributed by atoms with Crippen molar-refractivity contribution in [1.29, 1.82) is 0 Å². The topological polar surface area (TPSA) is 45.6 Å². The molecule has 1 rings (SSSR count). The molecule has 1 aromatic carbocycles. The Kier molecular flexibility index (Phi) is 7.65. The van der Waals surface area contributed by atoms with E-state index in [1.165, 1.54) is 12.8 Å². The van der Waals surface area contributed by atoms with Crippen molar-refractivity contribution in [1.82, 2.24) is 10.7 Å². The van der Waals surface area contributed by atoms with Gasteiger partial charge in [-0.3, -0.25) is 5.43 Å². The van der Waals surface area contributed by atoms with Crippen LogP contribution in [0.25, 0.3) is 0 Å². The third kappa shape index (κ3) is 6.02. The Morgan fingerprint density at radius 1 is 1.25 bits per heavy atom. The Bertz CT molecular complexity index is 443. The van der Waals surface area contributed by atoms with Gasteiger partial charge in [0.05, 0.1) is 12.3 Å². The van der Waals surface area contributed by atoms with E-state index in [2.05, 4.69) is 22.8 Å². The Morgan fingerprint density at radius 3 is 2.55 bits per heavy atom. The highest BCUT2D eigenvalue weighted by molar-refractivity contribution is 7.80. The van der Waals surface area contributed by atoms with Gasteiger partial charge in [-0.05, 0) is 55.4 Å². The van der Waals surface area contributed by atoms with E-state index in [4.69, 9.17) is 17.0 Å². The van der Waals surface area contributed by atoms with Crippen LogP contribution in [0.2, 0.25) is 0 Å². The van der Waals surface area contributed by atoms with Crippen LogP contribution < -0.4 is 15.5 Å². The number of hydrazone groups is 1. The number of hydrogen-bond donors (Lipinski definition) is 2. The monoisotopic (exact) mass is 293 g/mol. The van der Waals surface area contributed by atoms with Gasteiger partial charge in [0.15, 0.2) is 5.11 Å². The van der Waals surface area contributed by atoms with Crippen LogP contribution in [0, 0.1) is 0 Å². The third-order valence-electron chi connectivity index (χ3n) is 2.84. The van der Waals surface area contributed by atoms with E-state index in [0.29, 0.717) is 5.11 Å². The zero-order chi connectivity index (χ0) is 14.8. The van der Waals surface area contributed by atoms with Crippen LogP contribution in [0.1, 0.15) is 38.7 Å².